The first-order chi connectivity index (χ1) is 8.16. The summed E-state index contributed by atoms with van der Waals surface area (Å²) < 4.78 is 4.95. The molecule has 0 aliphatic rings. The van der Waals surface area contributed by atoms with Crippen LogP contribution in [0.4, 0.5) is 0 Å². The molecule has 0 saturated heterocycles. The Balaban J connectivity index is 1.94. The van der Waals surface area contributed by atoms with Crippen LogP contribution in [0.15, 0.2) is 28.8 Å². The number of benzene rings is 1. The molecule has 2 rings (SSSR count). The van der Waals surface area contributed by atoms with Gasteiger partial charge in [-0.2, -0.15) is 0 Å². The quantitative estimate of drug-likeness (QED) is 0.878. The second-order valence-electron chi connectivity index (χ2n) is 3.77. The van der Waals surface area contributed by atoms with Crippen molar-refractivity contribution in [3.05, 3.63) is 46.3 Å². The summed E-state index contributed by atoms with van der Waals surface area (Å²) in [6.07, 6.45) is 0. The summed E-state index contributed by atoms with van der Waals surface area (Å²) in [6.45, 7) is 2.90. The lowest BCUT2D eigenvalue weighted by Crippen LogP contribution is -2.13. The van der Waals surface area contributed by atoms with Crippen molar-refractivity contribution in [1.29, 1.82) is 0 Å². The van der Waals surface area contributed by atoms with Crippen LogP contribution in [-0.2, 0) is 13.1 Å². The molecule has 0 radical (unpaired) electrons. The predicted molar refractivity (Wildman–Crippen MR) is 64.9 cm³/mol. The zero-order valence-electron chi connectivity index (χ0n) is 9.40. The standard InChI is InChI=1S/C12H13ClN2O2/c1-8-5-9(15-17-8)6-14-7-10-11(13)3-2-4-12(10)16/h2-5,14,16H,6-7H2,1H3. The van der Waals surface area contributed by atoms with E-state index >= 15 is 0 Å². The van der Waals surface area contributed by atoms with E-state index in [0.29, 0.717) is 23.7 Å². The Morgan fingerprint density at radius 1 is 1.41 bits per heavy atom. The SMILES string of the molecule is Cc1cc(CNCc2c(O)cccc2Cl)no1. The van der Waals surface area contributed by atoms with Crippen LogP contribution >= 0.6 is 11.6 Å². The molecular formula is C12H13ClN2O2. The lowest BCUT2D eigenvalue weighted by Gasteiger charge is -2.07. The van der Waals surface area contributed by atoms with Crippen LogP contribution in [0.25, 0.3) is 0 Å². The third-order valence-electron chi connectivity index (χ3n) is 2.38. The fourth-order valence-corrected chi connectivity index (χ4v) is 1.78. The number of hydrogen-bond donors (Lipinski definition) is 2. The van der Waals surface area contributed by atoms with Crippen LogP contribution in [-0.4, -0.2) is 10.3 Å². The lowest BCUT2D eigenvalue weighted by molar-refractivity contribution is 0.388. The summed E-state index contributed by atoms with van der Waals surface area (Å²) in [4.78, 5) is 0. The van der Waals surface area contributed by atoms with E-state index in [-0.39, 0.29) is 5.75 Å². The smallest absolute Gasteiger partial charge is 0.133 e. The maximum absolute atomic E-state index is 9.63. The number of phenols is 1. The van der Waals surface area contributed by atoms with Crippen molar-refractivity contribution < 1.29 is 9.63 Å². The van der Waals surface area contributed by atoms with Gasteiger partial charge in [-0.25, -0.2) is 0 Å². The van der Waals surface area contributed by atoms with Gasteiger partial charge in [0.05, 0.1) is 5.69 Å². The minimum atomic E-state index is 0.196. The molecule has 0 amide bonds. The Labute approximate surface area is 104 Å². The monoisotopic (exact) mass is 252 g/mol. The summed E-state index contributed by atoms with van der Waals surface area (Å²) >= 11 is 5.98. The molecule has 0 spiro atoms. The highest BCUT2D eigenvalue weighted by atomic mass is 35.5. The minimum absolute atomic E-state index is 0.196. The van der Waals surface area contributed by atoms with E-state index in [1.54, 1.807) is 18.2 Å². The van der Waals surface area contributed by atoms with E-state index in [1.807, 2.05) is 13.0 Å². The Morgan fingerprint density at radius 3 is 2.88 bits per heavy atom. The van der Waals surface area contributed by atoms with Crippen molar-refractivity contribution in [2.45, 2.75) is 20.0 Å². The molecule has 0 atom stereocenters. The normalized spacial score (nSPS) is 10.7. The van der Waals surface area contributed by atoms with Crippen molar-refractivity contribution in [3.63, 3.8) is 0 Å². The molecule has 0 unspecified atom stereocenters. The number of aryl methyl sites for hydroxylation is 1. The van der Waals surface area contributed by atoms with Crippen LogP contribution in [0.1, 0.15) is 17.0 Å². The van der Waals surface area contributed by atoms with Crippen molar-refractivity contribution >= 4 is 11.6 Å². The minimum Gasteiger partial charge on any atom is -0.508 e. The summed E-state index contributed by atoms with van der Waals surface area (Å²) in [5.41, 5.74) is 1.52. The van der Waals surface area contributed by atoms with Crippen molar-refractivity contribution in [3.8, 4) is 5.75 Å². The Bertz CT molecular complexity index is 491. The molecule has 0 saturated carbocycles. The number of hydrogen-bond acceptors (Lipinski definition) is 4. The van der Waals surface area contributed by atoms with E-state index < -0.39 is 0 Å². The van der Waals surface area contributed by atoms with Crippen LogP contribution < -0.4 is 5.32 Å². The van der Waals surface area contributed by atoms with E-state index in [1.165, 1.54) is 0 Å². The van der Waals surface area contributed by atoms with E-state index in [4.69, 9.17) is 16.1 Å². The second-order valence-corrected chi connectivity index (χ2v) is 4.18. The van der Waals surface area contributed by atoms with E-state index in [2.05, 4.69) is 10.5 Å². The number of nitrogens with one attached hydrogen (secondary N) is 1. The number of nitrogens with zero attached hydrogens (tertiary/aromatic N) is 1. The largest absolute Gasteiger partial charge is 0.508 e. The first kappa shape index (κ1) is 12.0. The van der Waals surface area contributed by atoms with Gasteiger partial charge in [0, 0.05) is 29.7 Å². The fraction of sp³-hybridized carbons (Fsp3) is 0.250. The number of phenolic OH excluding ortho intramolecular Hbond substituents is 1. The van der Waals surface area contributed by atoms with Gasteiger partial charge in [-0.1, -0.05) is 22.8 Å². The number of aromatic hydroxyl groups is 1. The summed E-state index contributed by atoms with van der Waals surface area (Å²) in [5.74, 6) is 0.976. The third-order valence-corrected chi connectivity index (χ3v) is 2.73. The predicted octanol–water partition coefficient (Wildman–Crippen LogP) is 2.63. The Kier molecular flexibility index (Phi) is 3.66. The maximum atomic E-state index is 9.63. The molecule has 90 valence electrons. The van der Waals surface area contributed by atoms with Gasteiger partial charge in [0.15, 0.2) is 0 Å². The first-order valence-corrected chi connectivity index (χ1v) is 5.64. The lowest BCUT2D eigenvalue weighted by atomic mass is 10.2. The van der Waals surface area contributed by atoms with Gasteiger partial charge in [0.25, 0.3) is 0 Å². The van der Waals surface area contributed by atoms with Gasteiger partial charge in [-0.15, -0.1) is 0 Å². The third kappa shape index (κ3) is 2.99. The molecule has 0 bridgehead atoms. The zero-order chi connectivity index (χ0) is 12.3. The number of aromatic nitrogens is 1. The second kappa shape index (κ2) is 5.21. The molecule has 5 heteroatoms. The van der Waals surface area contributed by atoms with Gasteiger partial charge >= 0.3 is 0 Å². The maximum Gasteiger partial charge on any atom is 0.133 e. The first-order valence-electron chi connectivity index (χ1n) is 5.26. The van der Waals surface area contributed by atoms with Crippen LogP contribution in [0, 0.1) is 6.92 Å². The highest BCUT2D eigenvalue weighted by Crippen LogP contribution is 2.24. The van der Waals surface area contributed by atoms with Crippen molar-refractivity contribution in [2.75, 3.05) is 0 Å². The highest BCUT2D eigenvalue weighted by Gasteiger charge is 2.06. The zero-order valence-corrected chi connectivity index (χ0v) is 10.2. The molecule has 2 aromatic rings. The molecule has 4 nitrogen and oxygen atoms in total. The van der Waals surface area contributed by atoms with Crippen LogP contribution in [0.2, 0.25) is 5.02 Å². The summed E-state index contributed by atoms with van der Waals surface area (Å²) in [7, 11) is 0. The average molecular weight is 253 g/mol. The molecule has 0 aliphatic carbocycles. The molecule has 2 N–H and O–H groups in total. The van der Waals surface area contributed by atoms with Gasteiger partial charge in [-0.05, 0) is 19.1 Å². The Morgan fingerprint density at radius 2 is 2.24 bits per heavy atom. The summed E-state index contributed by atoms with van der Waals surface area (Å²) in [6, 6.07) is 6.93. The molecular weight excluding hydrogens is 240 g/mol. The number of halogens is 1. The van der Waals surface area contributed by atoms with E-state index in [9.17, 15) is 5.11 Å². The topological polar surface area (TPSA) is 58.3 Å². The van der Waals surface area contributed by atoms with Crippen LogP contribution in [0.5, 0.6) is 5.75 Å². The molecule has 1 aromatic heterocycles. The van der Waals surface area contributed by atoms with Crippen molar-refractivity contribution in [2.24, 2.45) is 0 Å². The van der Waals surface area contributed by atoms with Gasteiger partial charge in [-0.3, -0.25) is 0 Å². The van der Waals surface area contributed by atoms with Gasteiger partial charge < -0.3 is 14.9 Å². The van der Waals surface area contributed by atoms with Crippen LogP contribution in [0.3, 0.4) is 0 Å². The molecule has 1 heterocycles. The van der Waals surface area contributed by atoms with Gasteiger partial charge in [0.2, 0.25) is 0 Å². The molecule has 0 fully saturated rings. The van der Waals surface area contributed by atoms with Crippen molar-refractivity contribution in [1.82, 2.24) is 10.5 Å². The van der Waals surface area contributed by atoms with E-state index in [0.717, 1.165) is 11.5 Å². The highest BCUT2D eigenvalue weighted by molar-refractivity contribution is 6.31. The Hall–Kier alpha value is -1.52. The molecule has 1 aromatic carbocycles. The molecule has 0 aliphatic heterocycles. The average Bonchev–Trinajstić information content (AvgIpc) is 2.69. The molecule has 17 heavy (non-hydrogen) atoms. The number of rotatable bonds is 4. The fourth-order valence-electron chi connectivity index (χ4n) is 1.54. The summed E-state index contributed by atoms with van der Waals surface area (Å²) in [5, 5.41) is 17.2. The van der Waals surface area contributed by atoms with Gasteiger partial charge in [0.1, 0.15) is 11.5 Å².